The molecule has 1 unspecified atom stereocenters. The van der Waals surface area contributed by atoms with Crippen LogP contribution in [0.15, 0.2) is 11.8 Å². The zero-order valence-electron chi connectivity index (χ0n) is 6.24. The number of ether oxygens (including phenoxy) is 2. The SMILES string of the molecule is CC(O)=CC(=O)OCC1CO1. The number of rotatable bonds is 3. The lowest BCUT2D eigenvalue weighted by Gasteiger charge is -1.96. The van der Waals surface area contributed by atoms with E-state index in [1.54, 1.807) is 0 Å². The van der Waals surface area contributed by atoms with E-state index in [-0.39, 0.29) is 18.5 Å². The summed E-state index contributed by atoms with van der Waals surface area (Å²) in [4.78, 5) is 10.7. The summed E-state index contributed by atoms with van der Waals surface area (Å²) >= 11 is 0. The van der Waals surface area contributed by atoms with Gasteiger partial charge in [-0.05, 0) is 6.92 Å². The van der Waals surface area contributed by atoms with Crippen LogP contribution in [0.2, 0.25) is 0 Å². The van der Waals surface area contributed by atoms with Crippen LogP contribution >= 0.6 is 0 Å². The van der Waals surface area contributed by atoms with Gasteiger partial charge in [-0.25, -0.2) is 4.79 Å². The first-order valence-electron chi connectivity index (χ1n) is 3.34. The van der Waals surface area contributed by atoms with Gasteiger partial charge in [0, 0.05) is 0 Å². The molecule has 4 heteroatoms. The Morgan fingerprint density at radius 1 is 1.91 bits per heavy atom. The fourth-order valence-corrected chi connectivity index (χ4v) is 0.552. The van der Waals surface area contributed by atoms with Crippen molar-refractivity contribution in [2.75, 3.05) is 13.2 Å². The van der Waals surface area contributed by atoms with Gasteiger partial charge < -0.3 is 14.6 Å². The molecular weight excluding hydrogens is 148 g/mol. The minimum absolute atomic E-state index is 0.0493. The molecule has 4 nitrogen and oxygen atoms in total. The maximum Gasteiger partial charge on any atom is 0.334 e. The number of aliphatic hydroxyl groups is 1. The second-order valence-electron chi connectivity index (χ2n) is 2.37. The number of allylic oxidation sites excluding steroid dienone is 1. The second-order valence-corrected chi connectivity index (χ2v) is 2.37. The van der Waals surface area contributed by atoms with E-state index in [0.29, 0.717) is 6.61 Å². The van der Waals surface area contributed by atoms with Crippen molar-refractivity contribution in [2.24, 2.45) is 0 Å². The predicted octanol–water partition coefficient (Wildman–Crippen LogP) is 0.390. The highest BCUT2D eigenvalue weighted by molar-refractivity contribution is 5.82. The van der Waals surface area contributed by atoms with Crippen molar-refractivity contribution in [3.8, 4) is 0 Å². The number of epoxide rings is 1. The van der Waals surface area contributed by atoms with Crippen molar-refractivity contribution >= 4 is 5.97 Å². The summed E-state index contributed by atoms with van der Waals surface area (Å²) in [7, 11) is 0. The highest BCUT2D eigenvalue weighted by Gasteiger charge is 2.23. The monoisotopic (exact) mass is 158 g/mol. The summed E-state index contributed by atoms with van der Waals surface area (Å²) in [5, 5.41) is 8.63. The second kappa shape index (κ2) is 3.39. The molecule has 0 spiro atoms. The summed E-state index contributed by atoms with van der Waals surface area (Å²) in [6.45, 7) is 2.35. The molecular formula is C7H10O4. The Kier molecular flexibility index (Phi) is 2.48. The first-order chi connectivity index (χ1) is 5.18. The third-order valence-corrected chi connectivity index (χ3v) is 1.14. The normalized spacial score (nSPS) is 23.0. The highest BCUT2D eigenvalue weighted by atomic mass is 16.6. The van der Waals surface area contributed by atoms with Gasteiger partial charge in [0.1, 0.15) is 12.7 Å². The van der Waals surface area contributed by atoms with Crippen molar-refractivity contribution in [1.82, 2.24) is 0 Å². The Morgan fingerprint density at radius 2 is 2.55 bits per heavy atom. The van der Waals surface area contributed by atoms with Crippen LogP contribution in [0.3, 0.4) is 0 Å². The van der Waals surface area contributed by atoms with Crippen molar-refractivity contribution in [3.63, 3.8) is 0 Å². The number of esters is 1. The molecule has 1 N–H and O–H groups in total. The van der Waals surface area contributed by atoms with E-state index in [1.165, 1.54) is 6.92 Å². The molecule has 0 saturated carbocycles. The molecule has 0 aromatic heterocycles. The molecule has 1 saturated heterocycles. The number of hydrogen-bond acceptors (Lipinski definition) is 4. The van der Waals surface area contributed by atoms with Gasteiger partial charge in [0.25, 0.3) is 0 Å². The Morgan fingerprint density at radius 3 is 3.00 bits per heavy atom. The molecule has 1 aliphatic rings. The van der Waals surface area contributed by atoms with Gasteiger partial charge in [0.2, 0.25) is 0 Å². The van der Waals surface area contributed by atoms with Crippen LogP contribution in [0.1, 0.15) is 6.92 Å². The lowest BCUT2D eigenvalue weighted by molar-refractivity contribution is -0.138. The summed E-state index contributed by atoms with van der Waals surface area (Å²) in [5.41, 5.74) is 0. The third kappa shape index (κ3) is 3.62. The summed E-state index contributed by atoms with van der Waals surface area (Å²) in [5.74, 6) is -0.577. The molecule has 1 atom stereocenters. The lowest BCUT2D eigenvalue weighted by atomic mass is 10.5. The van der Waals surface area contributed by atoms with Gasteiger partial charge in [0.05, 0.1) is 18.4 Å². The van der Waals surface area contributed by atoms with Crippen LogP contribution in [0.5, 0.6) is 0 Å². The Labute approximate surface area is 64.4 Å². The van der Waals surface area contributed by atoms with Crippen LogP contribution in [0, 0.1) is 0 Å². The van der Waals surface area contributed by atoms with Crippen LogP contribution in [0.4, 0.5) is 0 Å². The molecule has 0 radical (unpaired) electrons. The summed E-state index contributed by atoms with van der Waals surface area (Å²) < 4.78 is 9.48. The van der Waals surface area contributed by atoms with Gasteiger partial charge in [0.15, 0.2) is 0 Å². The maximum atomic E-state index is 10.7. The zero-order chi connectivity index (χ0) is 8.27. The molecule has 1 rings (SSSR count). The number of carbonyl (C=O) groups is 1. The fourth-order valence-electron chi connectivity index (χ4n) is 0.552. The zero-order valence-corrected chi connectivity index (χ0v) is 6.24. The Hall–Kier alpha value is -1.03. The average Bonchev–Trinajstić information content (AvgIpc) is 2.63. The van der Waals surface area contributed by atoms with Gasteiger partial charge in [-0.2, -0.15) is 0 Å². The lowest BCUT2D eigenvalue weighted by Crippen LogP contribution is -2.07. The number of aliphatic hydroxyl groups excluding tert-OH is 1. The molecule has 1 heterocycles. The van der Waals surface area contributed by atoms with E-state index in [9.17, 15) is 4.79 Å². The highest BCUT2D eigenvalue weighted by Crippen LogP contribution is 2.08. The molecule has 0 bridgehead atoms. The number of hydrogen-bond donors (Lipinski definition) is 1. The minimum Gasteiger partial charge on any atom is -0.512 e. The molecule has 0 amide bonds. The first-order valence-corrected chi connectivity index (χ1v) is 3.34. The molecule has 11 heavy (non-hydrogen) atoms. The van der Waals surface area contributed by atoms with E-state index < -0.39 is 5.97 Å². The molecule has 1 aliphatic heterocycles. The van der Waals surface area contributed by atoms with Crippen molar-refractivity contribution in [3.05, 3.63) is 11.8 Å². The van der Waals surface area contributed by atoms with Gasteiger partial charge in [-0.15, -0.1) is 0 Å². The molecule has 0 aliphatic carbocycles. The summed E-state index contributed by atoms with van der Waals surface area (Å²) in [6.07, 6.45) is 1.11. The van der Waals surface area contributed by atoms with Crippen LogP contribution < -0.4 is 0 Å². The van der Waals surface area contributed by atoms with Crippen LogP contribution in [-0.4, -0.2) is 30.4 Å². The topological polar surface area (TPSA) is 59.1 Å². The molecule has 0 aromatic rings. The number of carbonyl (C=O) groups excluding carboxylic acids is 1. The first kappa shape index (κ1) is 8.07. The van der Waals surface area contributed by atoms with Gasteiger partial charge >= 0.3 is 5.97 Å². The van der Waals surface area contributed by atoms with E-state index in [2.05, 4.69) is 4.74 Å². The quantitative estimate of drug-likeness (QED) is 0.279. The van der Waals surface area contributed by atoms with Crippen molar-refractivity contribution < 1.29 is 19.4 Å². The predicted molar refractivity (Wildman–Crippen MR) is 37.1 cm³/mol. The van der Waals surface area contributed by atoms with Gasteiger partial charge in [-0.1, -0.05) is 0 Å². The summed E-state index contributed by atoms with van der Waals surface area (Å²) in [6, 6.07) is 0. The molecule has 0 aromatic carbocycles. The molecule has 62 valence electrons. The standard InChI is InChI=1S/C7H10O4/c1-5(8)2-7(9)11-4-6-3-10-6/h2,6,8H,3-4H2,1H3. The third-order valence-electron chi connectivity index (χ3n) is 1.14. The molecule has 1 fully saturated rings. The van der Waals surface area contributed by atoms with E-state index in [1.807, 2.05) is 0 Å². The Bertz CT molecular complexity index is 177. The van der Waals surface area contributed by atoms with E-state index in [4.69, 9.17) is 9.84 Å². The van der Waals surface area contributed by atoms with Crippen molar-refractivity contribution in [2.45, 2.75) is 13.0 Å². The fraction of sp³-hybridized carbons (Fsp3) is 0.571. The maximum absolute atomic E-state index is 10.7. The Balaban J connectivity index is 2.14. The minimum atomic E-state index is -0.527. The average molecular weight is 158 g/mol. The van der Waals surface area contributed by atoms with Gasteiger partial charge in [-0.3, -0.25) is 0 Å². The van der Waals surface area contributed by atoms with Crippen LogP contribution in [-0.2, 0) is 14.3 Å². The van der Waals surface area contributed by atoms with E-state index in [0.717, 1.165) is 6.08 Å². The van der Waals surface area contributed by atoms with E-state index >= 15 is 0 Å². The van der Waals surface area contributed by atoms with Crippen molar-refractivity contribution in [1.29, 1.82) is 0 Å². The largest absolute Gasteiger partial charge is 0.512 e. The van der Waals surface area contributed by atoms with Crippen LogP contribution in [0.25, 0.3) is 0 Å². The smallest absolute Gasteiger partial charge is 0.334 e.